The Bertz CT molecular complexity index is 1740. The van der Waals surface area contributed by atoms with E-state index in [0.717, 1.165) is 33.7 Å². The van der Waals surface area contributed by atoms with Gasteiger partial charge in [0.25, 0.3) is 5.92 Å². The molecule has 1 aliphatic carbocycles. The Morgan fingerprint density at radius 3 is 2.44 bits per heavy atom. The zero-order chi connectivity index (χ0) is 31.6. The van der Waals surface area contributed by atoms with E-state index in [2.05, 4.69) is 24.8 Å². The number of pyridine rings is 1. The molecule has 3 fully saturated rings. The summed E-state index contributed by atoms with van der Waals surface area (Å²) in [5.74, 6) is -2.30. The molecule has 3 aromatic heterocycles. The maximum Gasteiger partial charge on any atom is 0.403 e. The summed E-state index contributed by atoms with van der Waals surface area (Å²) in [5.41, 5.74) is 2.64. The van der Waals surface area contributed by atoms with E-state index < -0.39 is 23.4 Å². The Morgan fingerprint density at radius 1 is 1.00 bits per heavy atom. The summed E-state index contributed by atoms with van der Waals surface area (Å²) in [5, 5.41) is 0. The van der Waals surface area contributed by atoms with Crippen LogP contribution in [0.2, 0.25) is 0 Å². The second-order valence-corrected chi connectivity index (χ2v) is 12.2. The van der Waals surface area contributed by atoms with Gasteiger partial charge < -0.3 is 14.8 Å². The zero-order valence-corrected chi connectivity index (χ0v) is 24.5. The number of rotatable bonds is 7. The molecule has 1 aromatic carbocycles. The van der Waals surface area contributed by atoms with Crippen molar-refractivity contribution in [1.29, 1.82) is 0 Å². The predicted octanol–water partition coefficient (Wildman–Crippen LogP) is 5.01. The van der Waals surface area contributed by atoms with Gasteiger partial charge in [0, 0.05) is 62.2 Å². The van der Waals surface area contributed by atoms with E-state index in [9.17, 15) is 26.7 Å². The second-order valence-electron chi connectivity index (χ2n) is 12.2. The standard InChI is InChI=1S/C31H31F5N8O/c1-19(42-8-10-43(11-9-42)28(45)29(5-6-29)31(34,35)36)20-4-7-37-22(12-20)14-26-40-23-3-2-21(13-25(23)41-26)24-15-27(39-18-38-24)44-16-30(32,33)17-44/h2-4,7,12-13,15,18-19H,5-6,8-11,14,16-17H2,1H3,(H,40,41). The van der Waals surface area contributed by atoms with Crippen molar-refractivity contribution in [2.75, 3.05) is 44.2 Å². The lowest BCUT2D eigenvalue weighted by Crippen LogP contribution is -2.56. The van der Waals surface area contributed by atoms with Gasteiger partial charge in [0.15, 0.2) is 0 Å². The first-order chi connectivity index (χ1) is 21.4. The minimum Gasteiger partial charge on any atom is -0.344 e. The third-order valence-corrected chi connectivity index (χ3v) is 9.17. The molecule has 45 heavy (non-hydrogen) atoms. The maximum atomic E-state index is 13.4. The smallest absolute Gasteiger partial charge is 0.344 e. The van der Waals surface area contributed by atoms with Crippen LogP contribution in [0.3, 0.4) is 0 Å². The second kappa shape index (κ2) is 10.7. The average molecular weight is 627 g/mol. The van der Waals surface area contributed by atoms with Gasteiger partial charge in [-0.25, -0.2) is 23.7 Å². The number of aromatic nitrogens is 5. The number of alkyl halides is 5. The molecular weight excluding hydrogens is 595 g/mol. The van der Waals surface area contributed by atoms with E-state index in [1.165, 1.54) is 16.1 Å². The lowest BCUT2D eigenvalue weighted by atomic mass is 10.0. The Morgan fingerprint density at radius 2 is 1.76 bits per heavy atom. The van der Waals surface area contributed by atoms with Crippen molar-refractivity contribution in [2.45, 2.75) is 44.3 Å². The van der Waals surface area contributed by atoms with Crippen LogP contribution < -0.4 is 4.90 Å². The highest BCUT2D eigenvalue weighted by molar-refractivity contribution is 5.86. The molecular formula is C31H31F5N8O. The third kappa shape index (κ3) is 5.60. The third-order valence-electron chi connectivity index (χ3n) is 9.17. The van der Waals surface area contributed by atoms with Crippen molar-refractivity contribution in [2.24, 2.45) is 5.41 Å². The fourth-order valence-electron chi connectivity index (χ4n) is 6.25. The molecule has 1 saturated carbocycles. The molecule has 1 N–H and O–H groups in total. The number of fused-ring (bicyclic) bond motifs is 1. The summed E-state index contributed by atoms with van der Waals surface area (Å²) in [6, 6.07) is 11.3. The number of H-pyrrole nitrogens is 1. The number of nitrogens with zero attached hydrogens (tertiary/aromatic N) is 7. The van der Waals surface area contributed by atoms with Crippen molar-refractivity contribution < 1.29 is 26.7 Å². The summed E-state index contributed by atoms with van der Waals surface area (Å²) < 4.78 is 67.0. The van der Waals surface area contributed by atoms with E-state index in [4.69, 9.17) is 4.98 Å². The molecule has 14 heteroatoms. The number of anilines is 1. The van der Waals surface area contributed by atoms with Gasteiger partial charge in [-0.2, -0.15) is 13.2 Å². The summed E-state index contributed by atoms with van der Waals surface area (Å²) >= 11 is 0. The molecule has 0 bridgehead atoms. The highest BCUT2D eigenvalue weighted by atomic mass is 19.4. The van der Waals surface area contributed by atoms with Crippen LogP contribution in [0.4, 0.5) is 27.8 Å². The summed E-state index contributed by atoms with van der Waals surface area (Å²) in [4.78, 5) is 38.8. The van der Waals surface area contributed by atoms with Crippen molar-refractivity contribution in [1.82, 2.24) is 34.7 Å². The number of aromatic amines is 1. The van der Waals surface area contributed by atoms with Gasteiger partial charge in [0.05, 0.1) is 29.8 Å². The van der Waals surface area contributed by atoms with Gasteiger partial charge >= 0.3 is 6.18 Å². The zero-order valence-electron chi connectivity index (χ0n) is 24.5. The number of carbonyl (C=O) groups excluding carboxylic acids is 1. The fraction of sp³-hybridized carbons (Fsp3) is 0.452. The Labute approximate surface area is 255 Å². The van der Waals surface area contributed by atoms with E-state index in [1.54, 1.807) is 12.3 Å². The van der Waals surface area contributed by atoms with Gasteiger partial charge in [-0.1, -0.05) is 6.07 Å². The maximum absolute atomic E-state index is 13.4. The van der Waals surface area contributed by atoms with Gasteiger partial charge in [-0.05, 0) is 49.6 Å². The number of carbonyl (C=O) groups is 1. The molecule has 5 heterocycles. The summed E-state index contributed by atoms with van der Waals surface area (Å²) in [6.07, 6.45) is -1.17. The quantitative estimate of drug-likeness (QED) is 0.289. The van der Waals surface area contributed by atoms with Gasteiger partial charge in [0.1, 0.15) is 23.4 Å². The highest BCUT2D eigenvalue weighted by Gasteiger charge is 2.69. The van der Waals surface area contributed by atoms with Crippen LogP contribution >= 0.6 is 0 Å². The molecule has 1 amide bonds. The average Bonchev–Trinajstić information content (AvgIpc) is 3.74. The molecule has 3 aliphatic rings. The molecule has 2 saturated heterocycles. The first-order valence-electron chi connectivity index (χ1n) is 14.9. The van der Waals surface area contributed by atoms with Gasteiger partial charge in [-0.3, -0.25) is 14.7 Å². The Balaban J connectivity index is 1.00. The van der Waals surface area contributed by atoms with E-state index in [-0.39, 0.29) is 45.1 Å². The van der Waals surface area contributed by atoms with E-state index in [1.807, 2.05) is 37.3 Å². The van der Waals surface area contributed by atoms with Crippen LogP contribution in [-0.2, 0) is 11.2 Å². The molecule has 0 spiro atoms. The Kier molecular flexibility index (Phi) is 7.02. The van der Waals surface area contributed by atoms with E-state index in [0.29, 0.717) is 31.0 Å². The lowest BCUT2D eigenvalue weighted by Gasteiger charge is -2.39. The van der Waals surface area contributed by atoms with E-state index >= 15 is 0 Å². The minimum absolute atomic E-state index is 0.0139. The van der Waals surface area contributed by atoms with Crippen LogP contribution in [-0.4, -0.2) is 92.0 Å². The number of amides is 1. The van der Waals surface area contributed by atoms with Crippen LogP contribution in [0.5, 0.6) is 0 Å². The van der Waals surface area contributed by atoms with Gasteiger partial charge in [0.2, 0.25) is 5.91 Å². The number of nitrogens with one attached hydrogen (secondary N) is 1. The van der Waals surface area contributed by atoms with Gasteiger partial charge in [-0.15, -0.1) is 0 Å². The first-order valence-corrected chi connectivity index (χ1v) is 14.9. The number of halogens is 5. The molecule has 7 rings (SSSR count). The monoisotopic (exact) mass is 626 g/mol. The Hall–Kier alpha value is -4.20. The molecule has 2 aliphatic heterocycles. The normalized spacial score (nSPS) is 20.2. The molecule has 1 unspecified atom stereocenters. The highest BCUT2D eigenvalue weighted by Crippen LogP contribution is 2.58. The number of imidazole rings is 1. The number of hydrogen-bond donors (Lipinski definition) is 1. The van der Waals surface area contributed by atoms with Crippen molar-refractivity contribution in [3.63, 3.8) is 0 Å². The molecule has 1 atom stereocenters. The molecule has 236 valence electrons. The molecule has 9 nitrogen and oxygen atoms in total. The number of benzene rings is 1. The lowest BCUT2D eigenvalue weighted by molar-refractivity contribution is -0.199. The predicted molar refractivity (Wildman–Crippen MR) is 156 cm³/mol. The van der Waals surface area contributed by atoms with Crippen LogP contribution in [0, 0.1) is 5.41 Å². The van der Waals surface area contributed by atoms with Crippen LogP contribution in [0.15, 0.2) is 48.9 Å². The fourth-order valence-corrected chi connectivity index (χ4v) is 6.25. The van der Waals surface area contributed by atoms with Crippen molar-refractivity contribution in [3.8, 4) is 11.3 Å². The van der Waals surface area contributed by atoms with Crippen LogP contribution in [0.25, 0.3) is 22.3 Å². The molecule has 4 aromatic rings. The van der Waals surface area contributed by atoms with Crippen molar-refractivity contribution >= 4 is 22.8 Å². The number of hydrogen-bond acceptors (Lipinski definition) is 7. The first kappa shape index (κ1) is 29.5. The molecule has 0 radical (unpaired) electrons. The SMILES string of the molecule is CC(c1ccnc(Cc2nc3ccc(-c4cc(N5CC(F)(F)C5)ncn4)cc3[nH]2)c1)N1CCN(C(=O)C2(C(F)(F)F)CC2)CC1. The summed E-state index contributed by atoms with van der Waals surface area (Å²) in [6.45, 7) is 2.85. The number of piperazine rings is 1. The largest absolute Gasteiger partial charge is 0.403 e. The van der Waals surface area contributed by atoms with Crippen molar-refractivity contribution in [3.05, 3.63) is 66.0 Å². The minimum atomic E-state index is -4.50. The van der Waals surface area contributed by atoms with Crippen LogP contribution in [0.1, 0.15) is 42.9 Å². The summed E-state index contributed by atoms with van der Waals surface area (Å²) in [7, 11) is 0. The topological polar surface area (TPSA) is 94.1 Å².